The van der Waals surface area contributed by atoms with Crippen LogP contribution < -0.4 is 4.72 Å². The molecular weight excluding hydrogens is 408 g/mol. The molecule has 0 aliphatic rings. The van der Waals surface area contributed by atoms with Crippen LogP contribution in [-0.2, 0) is 15.4 Å². The average Bonchev–Trinajstić information content (AvgIpc) is 2.48. The maximum Gasteiger partial charge on any atom is 0.294 e. The summed E-state index contributed by atoms with van der Waals surface area (Å²) >= 11 is 3.26. The molecule has 2 aromatic carbocycles. The molecule has 2 aromatic rings. The van der Waals surface area contributed by atoms with Gasteiger partial charge < -0.3 is 0 Å². The van der Waals surface area contributed by atoms with E-state index in [0.29, 0.717) is 4.47 Å². The second kappa shape index (κ2) is 6.76. The summed E-state index contributed by atoms with van der Waals surface area (Å²) in [6, 6.07) is 9.35. The van der Waals surface area contributed by atoms with Crippen molar-refractivity contribution in [2.45, 2.75) is 38.0 Å². The third-order valence-electron chi connectivity index (χ3n) is 3.70. The number of nitrogens with one attached hydrogen (secondary N) is 1. The Morgan fingerprint density at radius 1 is 1.12 bits per heavy atom. The SMILES string of the molecule is Cc1ccc(S(=O)(=O)Nc2c(Br)cc(C(C)(C)C)cc2[N+](=O)[O-])cc1. The van der Waals surface area contributed by atoms with Gasteiger partial charge in [0.15, 0.2) is 0 Å². The topological polar surface area (TPSA) is 89.3 Å². The molecule has 0 saturated carbocycles. The molecule has 2 rings (SSSR count). The fourth-order valence-electron chi connectivity index (χ4n) is 2.18. The van der Waals surface area contributed by atoms with E-state index in [1.165, 1.54) is 18.2 Å². The first kappa shape index (κ1) is 19.4. The van der Waals surface area contributed by atoms with Crippen molar-refractivity contribution in [1.82, 2.24) is 0 Å². The van der Waals surface area contributed by atoms with Gasteiger partial charge in [0.2, 0.25) is 0 Å². The van der Waals surface area contributed by atoms with Crippen LogP contribution in [0.2, 0.25) is 0 Å². The highest BCUT2D eigenvalue weighted by atomic mass is 79.9. The summed E-state index contributed by atoms with van der Waals surface area (Å²) in [5.74, 6) is 0. The molecule has 0 atom stereocenters. The fourth-order valence-corrected chi connectivity index (χ4v) is 3.96. The van der Waals surface area contributed by atoms with Crippen molar-refractivity contribution in [3.63, 3.8) is 0 Å². The van der Waals surface area contributed by atoms with Crippen LogP contribution in [0.15, 0.2) is 45.8 Å². The molecule has 25 heavy (non-hydrogen) atoms. The Morgan fingerprint density at radius 2 is 1.68 bits per heavy atom. The van der Waals surface area contributed by atoms with Crippen molar-refractivity contribution < 1.29 is 13.3 Å². The monoisotopic (exact) mass is 426 g/mol. The molecule has 0 aliphatic carbocycles. The van der Waals surface area contributed by atoms with Gasteiger partial charge in [0.1, 0.15) is 5.69 Å². The molecule has 6 nitrogen and oxygen atoms in total. The number of hydrogen-bond acceptors (Lipinski definition) is 4. The maximum absolute atomic E-state index is 12.6. The number of anilines is 1. The van der Waals surface area contributed by atoms with Crippen LogP contribution >= 0.6 is 15.9 Å². The third-order valence-corrected chi connectivity index (χ3v) is 5.69. The number of rotatable bonds is 4. The zero-order valence-corrected chi connectivity index (χ0v) is 16.7. The molecule has 8 heteroatoms. The highest BCUT2D eigenvalue weighted by molar-refractivity contribution is 9.10. The predicted octanol–water partition coefficient (Wildman–Crippen LogP) is 4.76. The van der Waals surface area contributed by atoms with Gasteiger partial charge in [0.25, 0.3) is 15.7 Å². The van der Waals surface area contributed by atoms with E-state index in [9.17, 15) is 18.5 Å². The Hall–Kier alpha value is -1.93. The lowest BCUT2D eigenvalue weighted by Gasteiger charge is -2.20. The third kappa shape index (κ3) is 4.38. The minimum absolute atomic E-state index is 0.0409. The van der Waals surface area contributed by atoms with E-state index in [1.54, 1.807) is 18.2 Å². The first-order chi connectivity index (χ1) is 11.4. The van der Waals surface area contributed by atoms with E-state index in [-0.39, 0.29) is 21.7 Å². The van der Waals surface area contributed by atoms with Crippen molar-refractivity contribution in [2.75, 3.05) is 4.72 Å². The van der Waals surface area contributed by atoms with E-state index >= 15 is 0 Å². The number of aryl methyl sites for hydroxylation is 1. The summed E-state index contributed by atoms with van der Waals surface area (Å²) < 4.78 is 27.8. The number of sulfonamides is 1. The first-order valence-corrected chi connectivity index (χ1v) is 9.77. The Balaban J connectivity index is 2.55. The van der Waals surface area contributed by atoms with Crippen LogP contribution in [0.5, 0.6) is 0 Å². The summed E-state index contributed by atoms with van der Waals surface area (Å²) in [4.78, 5) is 10.9. The molecule has 0 unspecified atom stereocenters. The minimum Gasteiger partial charge on any atom is -0.272 e. The first-order valence-electron chi connectivity index (χ1n) is 7.50. The van der Waals surface area contributed by atoms with Crippen molar-refractivity contribution in [1.29, 1.82) is 0 Å². The summed E-state index contributed by atoms with van der Waals surface area (Å²) in [6.07, 6.45) is 0. The molecule has 0 fully saturated rings. The molecule has 0 amide bonds. The second-order valence-corrected chi connectivity index (χ2v) is 9.31. The van der Waals surface area contributed by atoms with Gasteiger partial charge in [-0.25, -0.2) is 8.42 Å². The Morgan fingerprint density at radius 3 is 2.16 bits per heavy atom. The van der Waals surface area contributed by atoms with Crippen molar-refractivity contribution in [3.05, 3.63) is 62.1 Å². The lowest BCUT2D eigenvalue weighted by atomic mass is 9.86. The highest BCUT2D eigenvalue weighted by Gasteiger charge is 2.27. The van der Waals surface area contributed by atoms with E-state index < -0.39 is 14.9 Å². The van der Waals surface area contributed by atoms with E-state index in [0.717, 1.165) is 11.1 Å². The summed E-state index contributed by atoms with van der Waals surface area (Å²) in [5, 5.41) is 11.5. The predicted molar refractivity (Wildman–Crippen MR) is 101 cm³/mol. The van der Waals surface area contributed by atoms with Crippen molar-refractivity contribution in [2.24, 2.45) is 0 Å². The molecule has 134 valence electrons. The number of benzene rings is 2. The lowest BCUT2D eigenvalue weighted by molar-refractivity contribution is -0.384. The van der Waals surface area contributed by atoms with Crippen molar-refractivity contribution in [3.8, 4) is 0 Å². The minimum atomic E-state index is -3.94. The Kier molecular flexibility index (Phi) is 5.24. The van der Waals surface area contributed by atoms with Crippen LogP contribution in [0.4, 0.5) is 11.4 Å². The largest absolute Gasteiger partial charge is 0.294 e. The van der Waals surface area contributed by atoms with Crippen LogP contribution in [0.25, 0.3) is 0 Å². The Bertz CT molecular complexity index is 917. The number of hydrogen-bond donors (Lipinski definition) is 1. The van der Waals surface area contributed by atoms with Gasteiger partial charge in [-0.05, 0) is 52.0 Å². The number of halogens is 1. The van der Waals surface area contributed by atoms with E-state index in [2.05, 4.69) is 20.7 Å². The average molecular weight is 427 g/mol. The maximum atomic E-state index is 12.6. The summed E-state index contributed by atoms with van der Waals surface area (Å²) in [6.45, 7) is 7.62. The van der Waals surface area contributed by atoms with Gasteiger partial charge >= 0.3 is 0 Å². The normalized spacial score (nSPS) is 12.0. The quantitative estimate of drug-likeness (QED) is 0.563. The number of nitrogens with zero attached hydrogens (tertiary/aromatic N) is 1. The van der Waals surface area contributed by atoms with Gasteiger partial charge in [-0.2, -0.15) is 0 Å². The van der Waals surface area contributed by atoms with Gasteiger partial charge in [0.05, 0.1) is 9.82 Å². The van der Waals surface area contributed by atoms with Crippen molar-refractivity contribution >= 4 is 37.3 Å². The molecule has 0 bridgehead atoms. The van der Waals surface area contributed by atoms with Crippen LogP contribution in [0.3, 0.4) is 0 Å². The zero-order valence-electron chi connectivity index (χ0n) is 14.3. The standard InChI is InChI=1S/C17H19BrN2O4S/c1-11-5-7-13(8-6-11)25(23,24)19-16-14(18)9-12(17(2,3)4)10-15(16)20(21)22/h5-10,19H,1-4H3. The molecule has 1 N–H and O–H groups in total. The van der Waals surface area contributed by atoms with E-state index in [4.69, 9.17) is 0 Å². The van der Waals surface area contributed by atoms with Gasteiger partial charge in [0, 0.05) is 10.5 Å². The summed E-state index contributed by atoms with van der Waals surface area (Å²) in [7, 11) is -3.94. The number of nitro groups is 1. The molecule has 0 heterocycles. The van der Waals surface area contributed by atoms with Crippen LogP contribution in [0.1, 0.15) is 31.9 Å². The molecule has 0 spiro atoms. The molecule has 0 aliphatic heterocycles. The Labute approximate surface area is 155 Å². The molecular formula is C17H19BrN2O4S. The molecule has 0 radical (unpaired) electrons. The highest BCUT2D eigenvalue weighted by Crippen LogP contribution is 2.38. The van der Waals surface area contributed by atoms with Crippen LogP contribution in [-0.4, -0.2) is 13.3 Å². The second-order valence-electron chi connectivity index (χ2n) is 6.78. The molecule has 0 aromatic heterocycles. The lowest BCUT2D eigenvalue weighted by Crippen LogP contribution is -2.16. The molecule has 0 saturated heterocycles. The fraction of sp³-hybridized carbons (Fsp3) is 0.294. The van der Waals surface area contributed by atoms with Gasteiger partial charge in [-0.3, -0.25) is 14.8 Å². The van der Waals surface area contributed by atoms with Gasteiger partial charge in [-0.15, -0.1) is 0 Å². The zero-order chi connectivity index (χ0) is 19.0. The van der Waals surface area contributed by atoms with Crippen LogP contribution in [0, 0.1) is 17.0 Å². The van der Waals surface area contributed by atoms with E-state index in [1.807, 2.05) is 27.7 Å². The number of nitro benzene ring substituents is 1. The summed E-state index contributed by atoms with van der Waals surface area (Å²) in [5.41, 5.74) is 0.945. The van der Waals surface area contributed by atoms with Gasteiger partial charge in [-0.1, -0.05) is 38.5 Å². The smallest absolute Gasteiger partial charge is 0.272 e.